The lowest BCUT2D eigenvalue weighted by molar-refractivity contribution is -0.117. The van der Waals surface area contributed by atoms with E-state index >= 15 is 0 Å². The topological polar surface area (TPSA) is 38.8 Å². The lowest BCUT2D eigenvalue weighted by atomic mass is 10.1. The summed E-state index contributed by atoms with van der Waals surface area (Å²) in [6, 6.07) is 13.8. The third kappa shape index (κ3) is 3.70. The first-order valence-corrected chi connectivity index (χ1v) is 8.37. The zero-order valence-corrected chi connectivity index (χ0v) is 14.2. The quantitative estimate of drug-likeness (QED) is 0.756. The van der Waals surface area contributed by atoms with Crippen molar-refractivity contribution < 1.29 is 14.3 Å². The van der Waals surface area contributed by atoms with Gasteiger partial charge in [0.1, 0.15) is 24.7 Å². The second-order valence-electron chi connectivity index (χ2n) is 6.06. The first-order chi connectivity index (χ1) is 11.6. The molecule has 1 saturated heterocycles. The van der Waals surface area contributed by atoms with Gasteiger partial charge in [0.15, 0.2) is 0 Å². The Hall–Kier alpha value is -2.49. The first kappa shape index (κ1) is 16.4. The van der Waals surface area contributed by atoms with E-state index in [1.54, 1.807) is 0 Å². The number of benzene rings is 2. The highest BCUT2D eigenvalue weighted by Crippen LogP contribution is 2.24. The number of nitrogens with zero attached hydrogens (tertiary/aromatic N) is 1. The predicted octanol–water partition coefficient (Wildman–Crippen LogP) is 3.89. The number of anilines is 1. The molecular weight excluding hydrogens is 302 g/mol. The Kier molecular flexibility index (Phi) is 5.04. The van der Waals surface area contributed by atoms with Crippen LogP contribution in [0.15, 0.2) is 42.5 Å². The van der Waals surface area contributed by atoms with Crippen molar-refractivity contribution in [1.82, 2.24) is 0 Å². The van der Waals surface area contributed by atoms with Crippen molar-refractivity contribution in [2.75, 3.05) is 24.7 Å². The fourth-order valence-corrected chi connectivity index (χ4v) is 2.97. The molecule has 3 rings (SSSR count). The summed E-state index contributed by atoms with van der Waals surface area (Å²) >= 11 is 0. The Morgan fingerprint density at radius 2 is 1.62 bits per heavy atom. The maximum Gasteiger partial charge on any atom is 0.227 e. The Morgan fingerprint density at radius 3 is 2.25 bits per heavy atom. The van der Waals surface area contributed by atoms with E-state index in [1.165, 1.54) is 0 Å². The summed E-state index contributed by atoms with van der Waals surface area (Å²) in [5.74, 6) is 1.92. The van der Waals surface area contributed by atoms with E-state index in [0.717, 1.165) is 41.3 Å². The highest BCUT2D eigenvalue weighted by molar-refractivity contribution is 5.95. The molecule has 1 fully saturated rings. The van der Waals surface area contributed by atoms with Gasteiger partial charge in [-0.2, -0.15) is 0 Å². The predicted molar refractivity (Wildman–Crippen MR) is 94.9 cm³/mol. The van der Waals surface area contributed by atoms with Gasteiger partial charge in [-0.15, -0.1) is 0 Å². The molecule has 1 aliphatic heterocycles. The van der Waals surface area contributed by atoms with Gasteiger partial charge < -0.3 is 14.4 Å². The third-order valence-corrected chi connectivity index (χ3v) is 4.23. The molecule has 1 heterocycles. The molecule has 0 aromatic heterocycles. The van der Waals surface area contributed by atoms with Crippen LogP contribution in [-0.4, -0.2) is 25.7 Å². The summed E-state index contributed by atoms with van der Waals surface area (Å²) in [5.41, 5.74) is 3.21. The maximum absolute atomic E-state index is 11.7. The third-order valence-electron chi connectivity index (χ3n) is 4.23. The molecule has 0 aliphatic carbocycles. The molecule has 24 heavy (non-hydrogen) atoms. The molecular formula is C20H23NO3. The van der Waals surface area contributed by atoms with E-state index in [9.17, 15) is 4.79 Å². The van der Waals surface area contributed by atoms with Gasteiger partial charge in [-0.3, -0.25) is 4.79 Å². The van der Waals surface area contributed by atoms with Crippen LogP contribution in [0.1, 0.15) is 24.0 Å². The van der Waals surface area contributed by atoms with Crippen molar-refractivity contribution in [2.24, 2.45) is 0 Å². The van der Waals surface area contributed by atoms with E-state index in [4.69, 9.17) is 9.47 Å². The van der Waals surface area contributed by atoms with Crippen molar-refractivity contribution in [3.05, 3.63) is 53.6 Å². The van der Waals surface area contributed by atoms with Gasteiger partial charge >= 0.3 is 0 Å². The minimum absolute atomic E-state index is 0.200. The molecule has 4 nitrogen and oxygen atoms in total. The van der Waals surface area contributed by atoms with Gasteiger partial charge in [-0.25, -0.2) is 0 Å². The van der Waals surface area contributed by atoms with Crippen LogP contribution in [0, 0.1) is 13.8 Å². The van der Waals surface area contributed by atoms with E-state index < -0.39 is 0 Å². The summed E-state index contributed by atoms with van der Waals surface area (Å²) in [6.07, 6.45) is 1.58. The number of aryl methyl sites for hydroxylation is 2. The molecule has 4 heteroatoms. The Balaban J connectivity index is 1.49. The molecule has 2 aromatic carbocycles. The van der Waals surface area contributed by atoms with Crippen LogP contribution in [0.3, 0.4) is 0 Å². The number of hydrogen-bond donors (Lipinski definition) is 0. The van der Waals surface area contributed by atoms with Crippen molar-refractivity contribution >= 4 is 11.6 Å². The fraction of sp³-hybridized carbons (Fsp3) is 0.350. The number of ether oxygens (including phenoxy) is 2. The van der Waals surface area contributed by atoms with Crippen molar-refractivity contribution in [3.63, 3.8) is 0 Å². The molecule has 0 atom stereocenters. The van der Waals surface area contributed by atoms with Gasteiger partial charge in [0.2, 0.25) is 5.91 Å². The van der Waals surface area contributed by atoms with Gasteiger partial charge in [0, 0.05) is 18.7 Å². The SMILES string of the molecule is Cc1cccc(C)c1OCCOc1ccc(N2CCCC2=O)cc1. The molecule has 1 amide bonds. The van der Waals surface area contributed by atoms with Gasteiger partial charge in [0.05, 0.1) is 0 Å². The molecule has 1 aliphatic rings. The Bertz CT molecular complexity index is 689. The first-order valence-electron chi connectivity index (χ1n) is 8.37. The molecule has 0 spiro atoms. The Labute approximate surface area is 143 Å². The standard InChI is InChI=1S/C20H23NO3/c1-15-5-3-6-16(2)20(15)24-14-13-23-18-10-8-17(9-11-18)21-12-4-7-19(21)22/h3,5-6,8-11H,4,7,12-14H2,1-2H3. The highest BCUT2D eigenvalue weighted by atomic mass is 16.5. The van der Waals surface area contributed by atoms with Crippen LogP contribution in [0.4, 0.5) is 5.69 Å². The number of amides is 1. The second-order valence-corrected chi connectivity index (χ2v) is 6.06. The van der Waals surface area contributed by atoms with Crippen LogP contribution in [0.25, 0.3) is 0 Å². The molecule has 2 aromatic rings. The van der Waals surface area contributed by atoms with Crippen molar-refractivity contribution in [1.29, 1.82) is 0 Å². The van der Waals surface area contributed by atoms with Gasteiger partial charge in [-0.1, -0.05) is 18.2 Å². The van der Waals surface area contributed by atoms with Crippen LogP contribution >= 0.6 is 0 Å². The van der Waals surface area contributed by atoms with Crippen LogP contribution in [-0.2, 0) is 4.79 Å². The van der Waals surface area contributed by atoms with Gasteiger partial charge in [0.25, 0.3) is 0 Å². The number of hydrogen-bond acceptors (Lipinski definition) is 3. The monoisotopic (exact) mass is 325 g/mol. The minimum Gasteiger partial charge on any atom is -0.490 e. The fourth-order valence-electron chi connectivity index (χ4n) is 2.97. The summed E-state index contributed by atoms with van der Waals surface area (Å²) in [7, 11) is 0. The minimum atomic E-state index is 0.200. The molecule has 0 unspecified atom stereocenters. The zero-order valence-electron chi connectivity index (χ0n) is 14.2. The van der Waals surface area contributed by atoms with Crippen molar-refractivity contribution in [3.8, 4) is 11.5 Å². The molecule has 0 bridgehead atoms. The second kappa shape index (κ2) is 7.39. The average Bonchev–Trinajstić information content (AvgIpc) is 3.00. The molecule has 126 valence electrons. The van der Waals surface area contributed by atoms with Crippen LogP contribution < -0.4 is 14.4 Å². The number of rotatable bonds is 6. The largest absolute Gasteiger partial charge is 0.490 e. The summed E-state index contributed by atoms with van der Waals surface area (Å²) in [5, 5.41) is 0. The molecule has 0 N–H and O–H groups in total. The lowest BCUT2D eigenvalue weighted by Gasteiger charge is -2.16. The van der Waals surface area contributed by atoms with Crippen molar-refractivity contribution in [2.45, 2.75) is 26.7 Å². The summed E-state index contributed by atoms with van der Waals surface area (Å²) < 4.78 is 11.6. The summed E-state index contributed by atoms with van der Waals surface area (Å²) in [6.45, 7) is 5.87. The average molecular weight is 325 g/mol. The van der Waals surface area contributed by atoms with E-state index in [2.05, 4.69) is 0 Å². The smallest absolute Gasteiger partial charge is 0.227 e. The van der Waals surface area contributed by atoms with E-state index in [-0.39, 0.29) is 5.91 Å². The van der Waals surface area contributed by atoms with Crippen LogP contribution in [0.2, 0.25) is 0 Å². The van der Waals surface area contributed by atoms with Crippen LogP contribution in [0.5, 0.6) is 11.5 Å². The number of carbonyl (C=O) groups excluding carboxylic acids is 1. The molecule has 0 saturated carbocycles. The summed E-state index contributed by atoms with van der Waals surface area (Å²) in [4.78, 5) is 13.6. The maximum atomic E-state index is 11.7. The normalized spacial score (nSPS) is 14.1. The number of para-hydroxylation sites is 1. The highest BCUT2D eigenvalue weighted by Gasteiger charge is 2.21. The van der Waals surface area contributed by atoms with E-state index in [1.807, 2.05) is 61.2 Å². The Morgan fingerprint density at radius 1 is 0.958 bits per heavy atom. The van der Waals surface area contributed by atoms with E-state index in [0.29, 0.717) is 19.6 Å². The number of carbonyl (C=O) groups is 1. The zero-order chi connectivity index (χ0) is 16.9. The van der Waals surface area contributed by atoms with Gasteiger partial charge in [-0.05, 0) is 55.7 Å². The lowest BCUT2D eigenvalue weighted by Crippen LogP contribution is -2.23. The molecule has 0 radical (unpaired) electrons.